The van der Waals surface area contributed by atoms with Gasteiger partial charge < -0.3 is 20.3 Å². The molecular weight excluding hydrogens is 719 g/mol. The summed E-state index contributed by atoms with van der Waals surface area (Å²) in [5.41, 5.74) is 0. The molecule has 0 aliphatic heterocycles. The van der Waals surface area contributed by atoms with Crippen LogP contribution in [0.15, 0.2) is 36.5 Å². The van der Waals surface area contributed by atoms with Gasteiger partial charge >= 0.3 is 5.97 Å². The fraction of sp³-hybridized carbons (Fsp3) is 0.846. The molecule has 0 radical (unpaired) electrons. The van der Waals surface area contributed by atoms with E-state index in [1.54, 1.807) is 0 Å². The molecule has 0 aromatic rings. The molecule has 0 fully saturated rings. The molecule has 0 aliphatic carbocycles. The summed E-state index contributed by atoms with van der Waals surface area (Å²) in [6.45, 7) is 4.86. The lowest BCUT2D eigenvalue weighted by molar-refractivity contribution is -0.143. The number of amides is 1. The maximum Gasteiger partial charge on any atom is 0.305 e. The van der Waals surface area contributed by atoms with Crippen molar-refractivity contribution >= 4 is 11.9 Å². The Morgan fingerprint density at radius 1 is 0.483 bits per heavy atom. The molecule has 0 spiro atoms. The van der Waals surface area contributed by atoms with E-state index in [0.29, 0.717) is 32.3 Å². The number of aliphatic hydroxyl groups is 2. The summed E-state index contributed by atoms with van der Waals surface area (Å²) in [6.07, 6.45) is 57.0. The molecule has 0 rings (SSSR count). The normalized spacial score (nSPS) is 13.0. The van der Waals surface area contributed by atoms with Crippen LogP contribution in [0.1, 0.15) is 258 Å². The number of allylic oxidation sites excluding steroid dienone is 6. The molecule has 6 heteroatoms. The lowest BCUT2D eigenvalue weighted by atomic mass is 10.0. The number of aliphatic hydroxyl groups excluding tert-OH is 2. The van der Waals surface area contributed by atoms with Crippen molar-refractivity contribution in [3.8, 4) is 0 Å². The van der Waals surface area contributed by atoms with E-state index in [-0.39, 0.29) is 18.5 Å². The monoisotopic (exact) mass is 816 g/mol. The van der Waals surface area contributed by atoms with Gasteiger partial charge in [-0.2, -0.15) is 0 Å². The molecule has 3 N–H and O–H groups in total. The first-order chi connectivity index (χ1) is 28.5. The molecule has 0 bridgehead atoms. The smallest absolute Gasteiger partial charge is 0.305 e. The van der Waals surface area contributed by atoms with Crippen LogP contribution in [0.3, 0.4) is 0 Å². The van der Waals surface area contributed by atoms with Gasteiger partial charge in [0.1, 0.15) is 0 Å². The van der Waals surface area contributed by atoms with Crippen molar-refractivity contribution < 1.29 is 24.5 Å². The number of carbonyl (C=O) groups excluding carboxylic acids is 2. The lowest BCUT2D eigenvalue weighted by Crippen LogP contribution is -2.45. The second-order valence-corrected chi connectivity index (χ2v) is 17.1. The standard InChI is InChI=1S/C52H97NO5/c1-3-5-7-9-11-13-15-16-17-18-19-20-23-26-30-34-38-42-46-52(57)58-47-43-39-35-31-27-24-21-22-25-29-33-37-41-45-51(56)53-49(48-54)50(55)44-40-36-32-28-14-12-10-8-6-4-2/h17-18,22,25,33,37,49-50,54-55H,3-16,19-21,23-24,26-32,34-36,38-48H2,1-2H3,(H,53,56)/b18-17-,25-22-,37-33-. The SMILES string of the molecule is CCCCCCCCC/C=C\CCCCCCCCCC(=O)OCCCCCCCC/C=C\C/C=C\CCC(=O)NC(CO)C(O)CCCCCCCCCCCC. The first kappa shape index (κ1) is 56.1. The Kier molecular flexibility index (Phi) is 46.2. The minimum atomic E-state index is -0.697. The van der Waals surface area contributed by atoms with Gasteiger partial charge in [-0.1, -0.05) is 211 Å². The van der Waals surface area contributed by atoms with Gasteiger partial charge in [0, 0.05) is 12.8 Å². The largest absolute Gasteiger partial charge is 0.466 e. The second-order valence-electron chi connectivity index (χ2n) is 17.1. The van der Waals surface area contributed by atoms with Gasteiger partial charge in [-0.25, -0.2) is 0 Å². The van der Waals surface area contributed by atoms with Crippen molar-refractivity contribution in [2.45, 2.75) is 270 Å². The summed E-state index contributed by atoms with van der Waals surface area (Å²) in [5, 5.41) is 23.0. The highest BCUT2D eigenvalue weighted by Crippen LogP contribution is 2.15. The average Bonchev–Trinajstić information content (AvgIpc) is 3.22. The number of nitrogens with one attached hydrogen (secondary N) is 1. The van der Waals surface area contributed by atoms with Gasteiger partial charge in [0.05, 0.1) is 25.4 Å². The van der Waals surface area contributed by atoms with Crippen molar-refractivity contribution in [3.05, 3.63) is 36.5 Å². The minimum Gasteiger partial charge on any atom is -0.466 e. The maximum atomic E-state index is 12.3. The van der Waals surface area contributed by atoms with Gasteiger partial charge in [-0.15, -0.1) is 0 Å². The number of hydrogen-bond donors (Lipinski definition) is 3. The quantitative estimate of drug-likeness (QED) is 0.0323. The van der Waals surface area contributed by atoms with Crippen LogP contribution in [0.2, 0.25) is 0 Å². The van der Waals surface area contributed by atoms with Crippen molar-refractivity contribution in [1.82, 2.24) is 5.32 Å². The van der Waals surface area contributed by atoms with Gasteiger partial charge in [0.2, 0.25) is 5.91 Å². The maximum absolute atomic E-state index is 12.3. The van der Waals surface area contributed by atoms with E-state index in [9.17, 15) is 19.8 Å². The van der Waals surface area contributed by atoms with Crippen molar-refractivity contribution in [2.24, 2.45) is 0 Å². The Bertz CT molecular complexity index is 946. The third kappa shape index (κ3) is 43.7. The molecule has 0 saturated carbocycles. The zero-order valence-electron chi connectivity index (χ0n) is 38.5. The summed E-state index contributed by atoms with van der Waals surface area (Å²) in [4.78, 5) is 24.4. The highest BCUT2D eigenvalue weighted by atomic mass is 16.5. The molecule has 340 valence electrons. The Hall–Kier alpha value is -1.92. The molecule has 58 heavy (non-hydrogen) atoms. The van der Waals surface area contributed by atoms with Gasteiger partial charge in [-0.3, -0.25) is 9.59 Å². The van der Waals surface area contributed by atoms with Gasteiger partial charge in [0.25, 0.3) is 0 Å². The number of hydrogen-bond acceptors (Lipinski definition) is 5. The number of rotatable bonds is 46. The molecule has 2 unspecified atom stereocenters. The predicted octanol–water partition coefficient (Wildman–Crippen LogP) is 14.9. The van der Waals surface area contributed by atoms with Crippen LogP contribution in [0.4, 0.5) is 0 Å². The molecule has 0 aromatic carbocycles. The summed E-state index contributed by atoms with van der Waals surface area (Å²) < 4.78 is 5.46. The predicted molar refractivity (Wildman–Crippen MR) is 250 cm³/mol. The zero-order valence-corrected chi connectivity index (χ0v) is 38.5. The Morgan fingerprint density at radius 3 is 1.36 bits per heavy atom. The Morgan fingerprint density at radius 2 is 0.879 bits per heavy atom. The van der Waals surface area contributed by atoms with Crippen LogP contribution >= 0.6 is 0 Å². The Balaban J connectivity index is 3.52. The molecule has 0 aliphatic rings. The number of ether oxygens (including phenoxy) is 1. The highest BCUT2D eigenvalue weighted by molar-refractivity contribution is 5.76. The lowest BCUT2D eigenvalue weighted by Gasteiger charge is -2.22. The highest BCUT2D eigenvalue weighted by Gasteiger charge is 2.19. The van der Waals surface area contributed by atoms with Crippen LogP contribution in [-0.2, 0) is 14.3 Å². The van der Waals surface area contributed by atoms with E-state index in [4.69, 9.17) is 4.74 Å². The van der Waals surface area contributed by atoms with E-state index >= 15 is 0 Å². The van der Waals surface area contributed by atoms with Crippen LogP contribution in [-0.4, -0.2) is 47.4 Å². The minimum absolute atomic E-state index is 0.0208. The summed E-state index contributed by atoms with van der Waals surface area (Å²) >= 11 is 0. The third-order valence-corrected chi connectivity index (χ3v) is 11.4. The van der Waals surface area contributed by atoms with E-state index in [0.717, 1.165) is 51.4 Å². The van der Waals surface area contributed by atoms with Crippen molar-refractivity contribution in [1.29, 1.82) is 0 Å². The molecular formula is C52H97NO5. The van der Waals surface area contributed by atoms with Crippen LogP contribution < -0.4 is 5.32 Å². The van der Waals surface area contributed by atoms with Crippen molar-refractivity contribution in [2.75, 3.05) is 13.2 Å². The van der Waals surface area contributed by atoms with E-state index in [1.165, 1.54) is 167 Å². The summed E-state index contributed by atoms with van der Waals surface area (Å²) in [7, 11) is 0. The fourth-order valence-electron chi connectivity index (χ4n) is 7.51. The molecule has 0 saturated heterocycles. The molecule has 0 aromatic heterocycles. The topological polar surface area (TPSA) is 95.9 Å². The number of unbranched alkanes of at least 4 members (excludes halogenated alkanes) is 29. The average molecular weight is 816 g/mol. The van der Waals surface area contributed by atoms with Crippen LogP contribution in [0.5, 0.6) is 0 Å². The van der Waals surface area contributed by atoms with Crippen LogP contribution in [0.25, 0.3) is 0 Å². The summed E-state index contributed by atoms with van der Waals surface area (Å²) in [6, 6.07) is -0.584. The summed E-state index contributed by atoms with van der Waals surface area (Å²) in [5.74, 6) is -0.139. The van der Waals surface area contributed by atoms with Crippen molar-refractivity contribution in [3.63, 3.8) is 0 Å². The van der Waals surface area contributed by atoms with E-state index < -0.39 is 12.1 Å². The van der Waals surface area contributed by atoms with Gasteiger partial charge in [-0.05, 0) is 70.6 Å². The number of esters is 1. The van der Waals surface area contributed by atoms with Gasteiger partial charge in [0.15, 0.2) is 0 Å². The number of carbonyl (C=O) groups is 2. The molecule has 2 atom stereocenters. The zero-order chi connectivity index (χ0) is 42.3. The third-order valence-electron chi connectivity index (χ3n) is 11.4. The fourth-order valence-corrected chi connectivity index (χ4v) is 7.51. The molecule has 1 amide bonds. The molecule has 0 heterocycles. The Labute approximate surface area is 360 Å². The van der Waals surface area contributed by atoms with E-state index in [2.05, 4.69) is 49.5 Å². The molecule has 6 nitrogen and oxygen atoms in total. The first-order valence-corrected chi connectivity index (χ1v) is 25.2. The van der Waals surface area contributed by atoms with Crippen LogP contribution in [0, 0.1) is 0 Å². The first-order valence-electron chi connectivity index (χ1n) is 25.2. The second kappa shape index (κ2) is 47.8. The van der Waals surface area contributed by atoms with E-state index in [1.807, 2.05) is 6.08 Å².